The molecule has 8 heteroatoms. The monoisotopic (exact) mass is 260 g/mol. The standard InChI is InChI=1S/C9H12N2O5S/c1-6(12)4-11-17(15,16)8-3-2-7(5-10-8)9(13)14/h2-3,5-6,11-12H,4H2,1H3,(H,13,14)/t6-/m1/s1. The summed E-state index contributed by atoms with van der Waals surface area (Å²) in [5.41, 5.74) is -0.0977. The number of aromatic nitrogens is 1. The molecule has 0 fully saturated rings. The highest BCUT2D eigenvalue weighted by Crippen LogP contribution is 2.06. The predicted octanol–water partition coefficient (Wildman–Crippen LogP) is -0.561. The van der Waals surface area contributed by atoms with E-state index in [-0.39, 0.29) is 17.1 Å². The van der Waals surface area contributed by atoms with E-state index in [1.807, 2.05) is 0 Å². The van der Waals surface area contributed by atoms with Crippen LogP contribution in [0, 0.1) is 0 Å². The Morgan fingerprint density at radius 3 is 2.59 bits per heavy atom. The lowest BCUT2D eigenvalue weighted by Gasteiger charge is -2.07. The first-order valence-corrected chi connectivity index (χ1v) is 6.18. The van der Waals surface area contributed by atoms with Crippen molar-refractivity contribution in [2.45, 2.75) is 18.1 Å². The summed E-state index contributed by atoms with van der Waals surface area (Å²) in [6.45, 7) is 1.30. The Morgan fingerprint density at radius 1 is 1.53 bits per heavy atom. The Morgan fingerprint density at radius 2 is 2.18 bits per heavy atom. The van der Waals surface area contributed by atoms with Crippen molar-refractivity contribution in [3.05, 3.63) is 23.9 Å². The predicted molar refractivity (Wildman–Crippen MR) is 58.1 cm³/mol. The smallest absolute Gasteiger partial charge is 0.337 e. The molecule has 0 amide bonds. The Hall–Kier alpha value is -1.51. The number of rotatable bonds is 5. The Bertz CT molecular complexity index is 495. The normalized spacial score (nSPS) is 13.3. The quantitative estimate of drug-likeness (QED) is 0.653. The molecule has 0 aromatic carbocycles. The summed E-state index contributed by atoms with van der Waals surface area (Å²) < 4.78 is 25.3. The number of nitrogens with zero attached hydrogens (tertiary/aromatic N) is 1. The zero-order chi connectivity index (χ0) is 13.1. The zero-order valence-corrected chi connectivity index (χ0v) is 9.81. The number of carbonyl (C=O) groups is 1. The van der Waals surface area contributed by atoms with Crippen molar-refractivity contribution < 1.29 is 23.4 Å². The third-order valence-corrected chi connectivity index (χ3v) is 3.17. The minimum absolute atomic E-state index is 0.0977. The van der Waals surface area contributed by atoms with Crippen LogP contribution >= 0.6 is 0 Å². The first-order chi connectivity index (χ1) is 7.83. The van der Waals surface area contributed by atoms with Gasteiger partial charge in [-0.15, -0.1) is 0 Å². The Balaban J connectivity index is 2.89. The molecule has 1 rings (SSSR count). The number of pyridine rings is 1. The molecule has 0 saturated carbocycles. The molecule has 0 aliphatic carbocycles. The van der Waals surface area contributed by atoms with Gasteiger partial charge in [0.1, 0.15) is 0 Å². The van der Waals surface area contributed by atoms with E-state index in [4.69, 9.17) is 10.2 Å². The van der Waals surface area contributed by atoms with Crippen molar-refractivity contribution in [1.82, 2.24) is 9.71 Å². The van der Waals surface area contributed by atoms with Gasteiger partial charge in [0.25, 0.3) is 10.0 Å². The van der Waals surface area contributed by atoms with E-state index in [2.05, 4.69) is 9.71 Å². The summed E-state index contributed by atoms with van der Waals surface area (Å²) >= 11 is 0. The fraction of sp³-hybridized carbons (Fsp3) is 0.333. The number of aliphatic hydroxyl groups is 1. The minimum Gasteiger partial charge on any atom is -0.478 e. The summed E-state index contributed by atoms with van der Waals surface area (Å²) in [5.74, 6) is -1.18. The fourth-order valence-corrected chi connectivity index (χ4v) is 2.02. The molecular formula is C9H12N2O5S. The molecule has 0 unspecified atom stereocenters. The average molecular weight is 260 g/mol. The molecule has 0 radical (unpaired) electrons. The third kappa shape index (κ3) is 3.77. The summed E-state index contributed by atoms with van der Waals surface area (Å²) in [6, 6.07) is 2.24. The van der Waals surface area contributed by atoms with Crippen molar-refractivity contribution in [2.24, 2.45) is 0 Å². The first-order valence-electron chi connectivity index (χ1n) is 4.70. The summed E-state index contributed by atoms with van der Waals surface area (Å²) in [7, 11) is -3.81. The Labute approximate surface area is 98.2 Å². The molecular weight excluding hydrogens is 248 g/mol. The number of hydrogen-bond acceptors (Lipinski definition) is 5. The molecule has 0 aliphatic rings. The zero-order valence-electron chi connectivity index (χ0n) is 8.99. The number of carboxylic acid groups (broad SMARTS) is 1. The minimum atomic E-state index is -3.81. The lowest BCUT2D eigenvalue weighted by atomic mass is 10.3. The van der Waals surface area contributed by atoms with Gasteiger partial charge < -0.3 is 10.2 Å². The SMILES string of the molecule is C[C@@H](O)CNS(=O)(=O)c1ccc(C(=O)O)cn1. The van der Waals surface area contributed by atoms with Gasteiger partial charge in [-0.3, -0.25) is 0 Å². The molecule has 3 N–H and O–H groups in total. The molecule has 17 heavy (non-hydrogen) atoms. The molecule has 1 aromatic heterocycles. The van der Waals surface area contributed by atoms with Gasteiger partial charge in [-0.2, -0.15) is 0 Å². The number of sulfonamides is 1. The van der Waals surface area contributed by atoms with Gasteiger partial charge in [0.05, 0.1) is 11.7 Å². The second-order valence-electron chi connectivity index (χ2n) is 3.39. The van der Waals surface area contributed by atoms with Crippen molar-refractivity contribution in [3.8, 4) is 0 Å². The molecule has 0 aliphatic heterocycles. The van der Waals surface area contributed by atoms with E-state index < -0.39 is 22.1 Å². The van der Waals surface area contributed by atoms with Crippen molar-refractivity contribution in [1.29, 1.82) is 0 Å². The number of carboxylic acids is 1. The Kier molecular flexibility index (Phi) is 4.16. The van der Waals surface area contributed by atoms with Gasteiger partial charge in [-0.1, -0.05) is 0 Å². The van der Waals surface area contributed by atoms with Gasteiger partial charge in [0.15, 0.2) is 5.03 Å². The summed E-state index contributed by atoms with van der Waals surface area (Å²) in [6.07, 6.45) is 0.141. The average Bonchev–Trinajstić information content (AvgIpc) is 2.27. The van der Waals surface area contributed by atoms with Gasteiger partial charge >= 0.3 is 5.97 Å². The van der Waals surface area contributed by atoms with Crippen LogP contribution < -0.4 is 4.72 Å². The van der Waals surface area contributed by atoms with E-state index in [0.717, 1.165) is 18.3 Å². The van der Waals surface area contributed by atoms with Crippen molar-refractivity contribution in [3.63, 3.8) is 0 Å². The van der Waals surface area contributed by atoms with Crippen molar-refractivity contribution >= 4 is 16.0 Å². The van der Waals surface area contributed by atoms with Crippen LogP contribution in [0.3, 0.4) is 0 Å². The topological polar surface area (TPSA) is 117 Å². The molecule has 7 nitrogen and oxygen atoms in total. The molecule has 94 valence electrons. The number of hydrogen-bond donors (Lipinski definition) is 3. The summed E-state index contributed by atoms with van der Waals surface area (Å²) in [4.78, 5) is 14.1. The summed E-state index contributed by atoms with van der Waals surface area (Å²) in [5, 5.41) is 17.3. The van der Waals surface area contributed by atoms with Crippen LogP contribution in [-0.2, 0) is 10.0 Å². The van der Waals surface area contributed by atoms with E-state index in [0.29, 0.717) is 0 Å². The van der Waals surface area contributed by atoms with Crippen LogP contribution in [0.4, 0.5) is 0 Å². The molecule has 1 atom stereocenters. The highest BCUT2D eigenvalue weighted by molar-refractivity contribution is 7.89. The van der Waals surface area contributed by atoms with E-state index in [1.165, 1.54) is 6.92 Å². The van der Waals surface area contributed by atoms with E-state index in [9.17, 15) is 13.2 Å². The number of aliphatic hydroxyl groups excluding tert-OH is 1. The molecule has 1 aromatic rings. The van der Waals surface area contributed by atoms with Gasteiger partial charge in [0, 0.05) is 12.7 Å². The second kappa shape index (κ2) is 5.21. The van der Waals surface area contributed by atoms with E-state index >= 15 is 0 Å². The van der Waals surface area contributed by atoms with Crippen LogP contribution in [0.15, 0.2) is 23.4 Å². The molecule has 0 spiro atoms. The lowest BCUT2D eigenvalue weighted by molar-refractivity contribution is 0.0696. The van der Waals surface area contributed by atoms with Crippen LogP contribution in [0.2, 0.25) is 0 Å². The largest absolute Gasteiger partial charge is 0.478 e. The second-order valence-corrected chi connectivity index (χ2v) is 5.11. The third-order valence-electron chi connectivity index (χ3n) is 1.83. The van der Waals surface area contributed by atoms with Crippen LogP contribution in [-0.4, -0.2) is 42.2 Å². The fourth-order valence-electron chi connectivity index (χ4n) is 0.970. The van der Waals surface area contributed by atoms with Gasteiger partial charge in [0.2, 0.25) is 0 Å². The van der Waals surface area contributed by atoms with Crippen LogP contribution in [0.5, 0.6) is 0 Å². The first kappa shape index (κ1) is 13.6. The highest BCUT2D eigenvalue weighted by atomic mass is 32.2. The molecule has 0 bridgehead atoms. The van der Waals surface area contributed by atoms with Crippen molar-refractivity contribution in [2.75, 3.05) is 6.54 Å². The molecule has 0 saturated heterocycles. The van der Waals surface area contributed by atoms with Gasteiger partial charge in [-0.05, 0) is 19.1 Å². The molecule has 1 heterocycles. The maximum atomic E-state index is 11.6. The van der Waals surface area contributed by atoms with Gasteiger partial charge in [-0.25, -0.2) is 22.9 Å². The van der Waals surface area contributed by atoms with Crippen LogP contribution in [0.1, 0.15) is 17.3 Å². The van der Waals surface area contributed by atoms with E-state index in [1.54, 1.807) is 0 Å². The highest BCUT2D eigenvalue weighted by Gasteiger charge is 2.16. The lowest BCUT2D eigenvalue weighted by Crippen LogP contribution is -2.31. The number of aromatic carboxylic acids is 1. The van der Waals surface area contributed by atoms with Crippen LogP contribution in [0.25, 0.3) is 0 Å². The maximum Gasteiger partial charge on any atom is 0.337 e. The number of nitrogens with one attached hydrogen (secondary N) is 1. The maximum absolute atomic E-state index is 11.6.